The zero-order chi connectivity index (χ0) is 18.7. The summed E-state index contributed by atoms with van der Waals surface area (Å²) in [5.41, 5.74) is 0.893. The van der Waals surface area contributed by atoms with Gasteiger partial charge in [0.05, 0.1) is 4.92 Å². The SMILES string of the molecule is Cc1cccc(C(=O)N2CCCC2C(=O)Nc2ccccc2)c1[N+](=O)[O-]. The van der Waals surface area contributed by atoms with E-state index in [2.05, 4.69) is 5.32 Å². The molecule has 0 saturated carbocycles. The number of rotatable bonds is 4. The summed E-state index contributed by atoms with van der Waals surface area (Å²) in [4.78, 5) is 37.8. The average Bonchev–Trinajstić information content (AvgIpc) is 3.11. The van der Waals surface area contributed by atoms with Gasteiger partial charge in [-0.05, 0) is 38.0 Å². The molecule has 134 valence electrons. The van der Waals surface area contributed by atoms with Gasteiger partial charge in [0.1, 0.15) is 11.6 Å². The first-order valence-electron chi connectivity index (χ1n) is 8.40. The summed E-state index contributed by atoms with van der Waals surface area (Å²) in [6.07, 6.45) is 1.21. The molecule has 1 unspecified atom stereocenters. The van der Waals surface area contributed by atoms with E-state index < -0.39 is 16.9 Å². The number of benzene rings is 2. The van der Waals surface area contributed by atoms with E-state index in [0.717, 1.165) is 0 Å². The molecular weight excluding hydrogens is 334 g/mol. The van der Waals surface area contributed by atoms with Gasteiger partial charge in [-0.3, -0.25) is 19.7 Å². The second-order valence-corrected chi connectivity index (χ2v) is 6.24. The number of nitrogens with zero attached hydrogens (tertiary/aromatic N) is 2. The maximum atomic E-state index is 12.9. The molecule has 1 aliphatic rings. The van der Waals surface area contributed by atoms with Gasteiger partial charge >= 0.3 is 0 Å². The topological polar surface area (TPSA) is 92.6 Å². The second kappa shape index (κ2) is 7.35. The maximum Gasteiger partial charge on any atom is 0.285 e. The third kappa shape index (κ3) is 3.42. The molecule has 7 nitrogen and oxygen atoms in total. The van der Waals surface area contributed by atoms with Gasteiger partial charge < -0.3 is 10.2 Å². The van der Waals surface area contributed by atoms with E-state index >= 15 is 0 Å². The number of aryl methyl sites for hydroxylation is 1. The third-order valence-corrected chi connectivity index (χ3v) is 4.51. The lowest BCUT2D eigenvalue weighted by Gasteiger charge is -2.24. The first-order chi connectivity index (χ1) is 12.5. The number of carbonyl (C=O) groups excluding carboxylic acids is 2. The summed E-state index contributed by atoms with van der Waals surface area (Å²) in [6.45, 7) is 2.00. The molecule has 2 aromatic carbocycles. The minimum absolute atomic E-state index is 0.0226. The van der Waals surface area contributed by atoms with Crippen LogP contribution in [0.5, 0.6) is 0 Å². The number of nitrogens with one attached hydrogen (secondary N) is 1. The molecule has 7 heteroatoms. The number of nitro benzene ring substituents is 1. The van der Waals surface area contributed by atoms with E-state index in [1.54, 1.807) is 31.2 Å². The van der Waals surface area contributed by atoms with Crippen LogP contribution in [0.15, 0.2) is 48.5 Å². The predicted octanol–water partition coefficient (Wildman–Crippen LogP) is 3.15. The number of anilines is 1. The molecule has 26 heavy (non-hydrogen) atoms. The van der Waals surface area contributed by atoms with Crippen molar-refractivity contribution in [3.05, 3.63) is 69.8 Å². The van der Waals surface area contributed by atoms with Gasteiger partial charge in [0, 0.05) is 17.8 Å². The number of hydrogen-bond donors (Lipinski definition) is 1. The maximum absolute atomic E-state index is 12.9. The summed E-state index contributed by atoms with van der Waals surface area (Å²) in [6, 6.07) is 13.0. The normalized spacial score (nSPS) is 16.3. The molecule has 3 rings (SSSR count). The molecule has 1 N–H and O–H groups in total. The van der Waals surface area contributed by atoms with Gasteiger partial charge in [0.2, 0.25) is 5.91 Å². The van der Waals surface area contributed by atoms with E-state index in [1.807, 2.05) is 18.2 Å². The predicted molar refractivity (Wildman–Crippen MR) is 97.0 cm³/mol. The summed E-state index contributed by atoms with van der Waals surface area (Å²) in [5, 5.41) is 14.2. The number of amides is 2. The number of carbonyl (C=O) groups is 2. The van der Waals surface area contributed by atoms with Crippen LogP contribution in [0.4, 0.5) is 11.4 Å². The standard InChI is InChI=1S/C19H19N3O4/c1-13-7-5-10-15(17(13)22(25)26)19(24)21-12-6-11-16(21)18(23)20-14-8-3-2-4-9-14/h2-5,7-10,16H,6,11-12H2,1H3,(H,20,23). The Morgan fingerprint density at radius 2 is 1.88 bits per heavy atom. The Morgan fingerprint density at radius 3 is 2.58 bits per heavy atom. The van der Waals surface area contributed by atoms with Gasteiger partial charge in [-0.25, -0.2) is 0 Å². The third-order valence-electron chi connectivity index (χ3n) is 4.51. The van der Waals surface area contributed by atoms with Crippen molar-refractivity contribution in [1.29, 1.82) is 0 Å². The van der Waals surface area contributed by atoms with Crippen LogP contribution >= 0.6 is 0 Å². The Balaban J connectivity index is 1.84. The Labute approximate surface area is 150 Å². The average molecular weight is 353 g/mol. The lowest BCUT2D eigenvalue weighted by molar-refractivity contribution is -0.385. The van der Waals surface area contributed by atoms with E-state index in [4.69, 9.17) is 0 Å². The van der Waals surface area contributed by atoms with Gasteiger partial charge in [0.15, 0.2) is 0 Å². The van der Waals surface area contributed by atoms with Crippen molar-refractivity contribution in [2.75, 3.05) is 11.9 Å². The van der Waals surface area contributed by atoms with Crippen molar-refractivity contribution in [1.82, 2.24) is 4.90 Å². The van der Waals surface area contributed by atoms with Gasteiger partial charge in [0.25, 0.3) is 11.6 Å². The molecule has 1 fully saturated rings. The fourth-order valence-electron chi connectivity index (χ4n) is 3.26. The monoisotopic (exact) mass is 353 g/mol. The Kier molecular flexibility index (Phi) is 4.97. The molecule has 0 spiro atoms. The smallest absolute Gasteiger partial charge is 0.285 e. The van der Waals surface area contributed by atoms with Crippen molar-refractivity contribution in [2.24, 2.45) is 0 Å². The molecule has 2 aromatic rings. The zero-order valence-electron chi connectivity index (χ0n) is 14.3. The summed E-state index contributed by atoms with van der Waals surface area (Å²) >= 11 is 0. The van der Waals surface area contributed by atoms with E-state index in [0.29, 0.717) is 30.6 Å². The number of likely N-dealkylation sites (tertiary alicyclic amines) is 1. The molecule has 1 heterocycles. The summed E-state index contributed by atoms with van der Waals surface area (Å²) < 4.78 is 0. The van der Waals surface area contributed by atoms with Crippen LogP contribution in [-0.2, 0) is 4.79 Å². The second-order valence-electron chi connectivity index (χ2n) is 6.24. The molecule has 2 amide bonds. The van der Waals surface area contributed by atoms with Crippen LogP contribution in [0, 0.1) is 17.0 Å². The first kappa shape index (κ1) is 17.6. The number of para-hydroxylation sites is 2. The first-order valence-corrected chi connectivity index (χ1v) is 8.40. The largest absolute Gasteiger partial charge is 0.326 e. The molecule has 1 aliphatic heterocycles. The highest BCUT2D eigenvalue weighted by atomic mass is 16.6. The lowest BCUT2D eigenvalue weighted by Crippen LogP contribution is -2.43. The van der Waals surface area contributed by atoms with Crippen LogP contribution in [0.2, 0.25) is 0 Å². The highest BCUT2D eigenvalue weighted by Crippen LogP contribution is 2.28. The van der Waals surface area contributed by atoms with Crippen LogP contribution in [0.1, 0.15) is 28.8 Å². The van der Waals surface area contributed by atoms with Gasteiger partial charge in [-0.15, -0.1) is 0 Å². The molecule has 0 bridgehead atoms. The highest BCUT2D eigenvalue weighted by Gasteiger charge is 2.37. The number of hydrogen-bond acceptors (Lipinski definition) is 4. The fraction of sp³-hybridized carbons (Fsp3) is 0.263. The van der Waals surface area contributed by atoms with E-state index in [1.165, 1.54) is 11.0 Å². The van der Waals surface area contributed by atoms with Crippen LogP contribution in [0.3, 0.4) is 0 Å². The van der Waals surface area contributed by atoms with Crippen molar-refractivity contribution in [3.8, 4) is 0 Å². The Bertz CT molecular complexity index is 851. The molecule has 0 radical (unpaired) electrons. The van der Waals surface area contributed by atoms with Crippen LogP contribution in [-0.4, -0.2) is 34.2 Å². The molecule has 0 aliphatic carbocycles. The minimum atomic E-state index is -0.636. The lowest BCUT2D eigenvalue weighted by atomic mass is 10.1. The van der Waals surface area contributed by atoms with E-state index in [-0.39, 0.29) is 17.2 Å². The highest BCUT2D eigenvalue weighted by molar-refractivity contribution is 6.03. The quantitative estimate of drug-likeness (QED) is 0.675. The summed E-state index contributed by atoms with van der Waals surface area (Å²) in [7, 11) is 0. The summed E-state index contributed by atoms with van der Waals surface area (Å²) in [5.74, 6) is -0.761. The molecule has 0 aromatic heterocycles. The zero-order valence-corrected chi connectivity index (χ0v) is 14.3. The number of nitro groups is 1. The van der Waals surface area contributed by atoms with Crippen molar-refractivity contribution < 1.29 is 14.5 Å². The van der Waals surface area contributed by atoms with Crippen LogP contribution in [0.25, 0.3) is 0 Å². The van der Waals surface area contributed by atoms with Gasteiger partial charge in [-0.2, -0.15) is 0 Å². The Hall–Kier alpha value is -3.22. The molecule has 1 saturated heterocycles. The van der Waals surface area contributed by atoms with Crippen molar-refractivity contribution in [3.63, 3.8) is 0 Å². The van der Waals surface area contributed by atoms with Crippen LogP contribution < -0.4 is 5.32 Å². The fourth-order valence-corrected chi connectivity index (χ4v) is 3.26. The van der Waals surface area contributed by atoms with Crippen molar-refractivity contribution in [2.45, 2.75) is 25.8 Å². The van der Waals surface area contributed by atoms with Gasteiger partial charge in [-0.1, -0.05) is 30.3 Å². The molecule has 1 atom stereocenters. The molecular formula is C19H19N3O4. The Morgan fingerprint density at radius 1 is 1.15 bits per heavy atom. The minimum Gasteiger partial charge on any atom is -0.326 e. The van der Waals surface area contributed by atoms with E-state index in [9.17, 15) is 19.7 Å². The van der Waals surface area contributed by atoms with Crippen molar-refractivity contribution >= 4 is 23.2 Å².